The molecule has 0 saturated heterocycles. The first kappa shape index (κ1) is 17.4. The third kappa shape index (κ3) is 3.52. The van der Waals surface area contributed by atoms with E-state index in [0.29, 0.717) is 0 Å². The molecule has 6 nitrogen and oxygen atoms in total. The number of hydrogen-bond acceptors (Lipinski definition) is 4. The van der Waals surface area contributed by atoms with E-state index in [9.17, 15) is 21.2 Å². The van der Waals surface area contributed by atoms with Crippen LogP contribution < -0.4 is 4.72 Å². The summed E-state index contributed by atoms with van der Waals surface area (Å²) < 4.78 is 65.9. The molecule has 23 heavy (non-hydrogen) atoms. The molecule has 0 aromatic heterocycles. The Balaban J connectivity index is 2.52. The summed E-state index contributed by atoms with van der Waals surface area (Å²) >= 11 is 0. The normalized spacial score (nSPS) is 12.3. The van der Waals surface area contributed by atoms with Crippen molar-refractivity contribution in [3.05, 3.63) is 54.3 Å². The Kier molecular flexibility index (Phi) is 4.73. The van der Waals surface area contributed by atoms with E-state index in [1.165, 1.54) is 50.5 Å². The predicted octanol–water partition coefficient (Wildman–Crippen LogP) is 1.88. The Hall–Kier alpha value is -1.97. The van der Waals surface area contributed by atoms with Crippen LogP contribution in [0.2, 0.25) is 0 Å². The van der Waals surface area contributed by atoms with Crippen LogP contribution in [0.25, 0.3) is 0 Å². The molecule has 0 fully saturated rings. The summed E-state index contributed by atoms with van der Waals surface area (Å²) in [5.74, 6) is -0.923. The molecule has 0 atom stereocenters. The zero-order valence-corrected chi connectivity index (χ0v) is 14.0. The van der Waals surface area contributed by atoms with E-state index in [4.69, 9.17) is 0 Å². The summed E-state index contributed by atoms with van der Waals surface area (Å²) in [4.78, 5) is -0.776. The minimum Gasteiger partial charge on any atom is -0.278 e. The molecule has 2 rings (SSSR count). The summed E-state index contributed by atoms with van der Waals surface area (Å²) in [7, 11) is -5.46. The van der Waals surface area contributed by atoms with Crippen LogP contribution in [0, 0.1) is 5.82 Å². The SMILES string of the molecule is CN(C)S(=O)(=O)c1ccccc1NS(=O)(=O)c1ccccc1F. The summed E-state index contributed by atoms with van der Waals surface area (Å²) in [6.45, 7) is 0. The van der Waals surface area contributed by atoms with Crippen LogP contribution in [0.4, 0.5) is 10.1 Å². The average Bonchev–Trinajstić information content (AvgIpc) is 2.47. The van der Waals surface area contributed by atoms with Gasteiger partial charge < -0.3 is 0 Å². The maximum absolute atomic E-state index is 13.7. The monoisotopic (exact) mass is 358 g/mol. The molecule has 2 aromatic rings. The third-order valence-corrected chi connectivity index (χ3v) is 6.29. The Labute approximate surface area is 134 Å². The third-order valence-electron chi connectivity index (χ3n) is 3.02. The molecule has 0 bridgehead atoms. The van der Waals surface area contributed by atoms with Crippen molar-refractivity contribution in [2.45, 2.75) is 9.79 Å². The second-order valence-corrected chi connectivity index (χ2v) is 8.59. The van der Waals surface area contributed by atoms with Crippen LogP contribution in [0.5, 0.6) is 0 Å². The van der Waals surface area contributed by atoms with E-state index in [1.54, 1.807) is 0 Å². The average molecular weight is 358 g/mol. The fraction of sp³-hybridized carbons (Fsp3) is 0.143. The fourth-order valence-corrected chi connectivity index (χ4v) is 4.10. The van der Waals surface area contributed by atoms with Gasteiger partial charge in [0.1, 0.15) is 15.6 Å². The minimum absolute atomic E-state index is 0.149. The number of nitrogens with one attached hydrogen (secondary N) is 1. The molecule has 0 radical (unpaired) electrons. The van der Waals surface area contributed by atoms with E-state index in [-0.39, 0.29) is 10.6 Å². The lowest BCUT2D eigenvalue weighted by Crippen LogP contribution is -2.24. The molecule has 0 unspecified atom stereocenters. The number of nitrogens with zero attached hydrogens (tertiary/aromatic N) is 1. The number of benzene rings is 2. The molecule has 2 aromatic carbocycles. The van der Waals surface area contributed by atoms with Crippen molar-refractivity contribution in [1.29, 1.82) is 0 Å². The van der Waals surface area contributed by atoms with Crippen molar-refractivity contribution in [2.24, 2.45) is 0 Å². The largest absolute Gasteiger partial charge is 0.278 e. The summed E-state index contributed by atoms with van der Waals surface area (Å²) in [6, 6.07) is 10.4. The van der Waals surface area contributed by atoms with E-state index < -0.39 is 30.8 Å². The van der Waals surface area contributed by atoms with Crippen LogP contribution in [0.1, 0.15) is 0 Å². The van der Waals surface area contributed by atoms with E-state index in [1.807, 2.05) is 0 Å². The molecule has 0 aliphatic carbocycles. The lowest BCUT2D eigenvalue weighted by molar-refractivity contribution is 0.521. The van der Waals surface area contributed by atoms with Gasteiger partial charge in [0.25, 0.3) is 10.0 Å². The van der Waals surface area contributed by atoms with Crippen molar-refractivity contribution in [2.75, 3.05) is 18.8 Å². The number of para-hydroxylation sites is 1. The summed E-state index contributed by atoms with van der Waals surface area (Å²) in [5, 5.41) is 0. The van der Waals surface area contributed by atoms with E-state index in [0.717, 1.165) is 16.4 Å². The van der Waals surface area contributed by atoms with Gasteiger partial charge in [-0.25, -0.2) is 25.5 Å². The molecule has 0 heterocycles. The van der Waals surface area contributed by atoms with Gasteiger partial charge in [0, 0.05) is 14.1 Å². The van der Waals surface area contributed by atoms with Crippen molar-refractivity contribution in [1.82, 2.24) is 4.31 Å². The maximum atomic E-state index is 13.7. The minimum atomic E-state index is -4.26. The van der Waals surface area contributed by atoms with Gasteiger partial charge in [-0.3, -0.25) is 4.72 Å². The van der Waals surface area contributed by atoms with Gasteiger partial charge in [-0.15, -0.1) is 0 Å². The lowest BCUT2D eigenvalue weighted by atomic mass is 10.3. The van der Waals surface area contributed by atoms with Gasteiger partial charge in [-0.05, 0) is 24.3 Å². The van der Waals surface area contributed by atoms with Crippen LogP contribution in [0.3, 0.4) is 0 Å². The molecule has 0 saturated carbocycles. The van der Waals surface area contributed by atoms with Crippen LogP contribution in [-0.2, 0) is 20.0 Å². The van der Waals surface area contributed by atoms with Gasteiger partial charge in [0.2, 0.25) is 10.0 Å². The van der Waals surface area contributed by atoms with Gasteiger partial charge in [-0.1, -0.05) is 24.3 Å². The zero-order chi connectivity index (χ0) is 17.3. The van der Waals surface area contributed by atoms with Gasteiger partial charge >= 0.3 is 0 Å². The molecule has 0 amide bonds. The topological polar surface area (TPSA) is 83.6 Å². The summed E-state index contributed by atoms with van der Waals surface area (Å²) in [5.41, 5.74) is -0.149. The van der Waals surface area contributed by atoms with Crippen molar-refractivity contribution >= 4 is 25.7 Å². The fourth-order valence-electron chi connectivity index (χ4n) is 1.84. The van der Waals surface area contributed by atoms with Crippen molar-refractivity contribution in [3.8, 4) is 0 Å². The second-order valence-electron chi connectivity index (χ2n) is 4.82. The Morgan fingerprint density at radius 1 is 0.870 bits per heavy atom. The highest BCUT2D eigenvalue weighted by atomic mass is 32.2. The van der Waals surface area contributed by atoms with Gasteiger partial charge in [-0.2, -0.15) is 0 Å². The second kappa shape index (κ2) is 6.26. The number of rotatable bonds is 5. The highest BCUT2D eigenvalue weighted by Gasteiger charge is 2.25. The summed E-state index contributed by atoms with van der Waals surface area (Å²) in [6.07, 6.45) is 0. The quantitative estimate of drug-likeness (QED) is 0.884. The molecule has 1 N–H and O–H groups in total. The molecular weight excluding hydrogens is 343 g/mol. The van der Waals surface area contributed by atoms with Gasteiger partial charge in [0.15, 0.2) is 0 Å². The number of anilines is 1. The first-order chi connectivity index (χ1) is 10.7. The van der Waals surface area contributed by atoms with Crippen molar-refractivity contribution in [3.63, 3.8) is 0 Å². The van der Waals surface area contributed by atoms with Crippen molar-refractivity contribution < 1.29 is 21.2 Å². The molecular formula is C14H15FN2O4S2. The molecule has 0 spiro atoms. The Morgan fingerprint density at radius 3 is 1.96 bits per heavy atom. The lowest BCUT2D eigenvalue weighted by Gasteiger charge is -2.16. The van der Waals surface area contributed by atoms with E-state index in [2.05, 4.69) is 4.72 Å². The van der Waals surface area contributed by atoms with Gasteiger partial charge in [0.05, 0.1) is 5.69 Å². The molecule has 9 heteroatoms. The Morgan fingerprint density at radius 2 is 1.39 bits per heavy atom. The predicted molar refractivity (Wildman–Crippen MR) is 84.5 cm³/mol. The highest BCUT2D eigenvalue weighted by molar-refractivity contribution is 7.93. The maximum Gasteiger partial charge on any atom is 0.264 e. The molecule has 124 valence electrons. The first-order valence-electron chi connectivity index (χ1n) is 6.45. The number of sulfonamides is 2. The molecule has 0 aliphatic heterocycles. The van der Waals surface area contributed by atoms with Crippen LogP contribution >= 0.6 is 0 Å². The first-order valence-corrected chi connectivity index (χ1v) is 9.37. The zero-order valence-electron chi connectivity index (χ0n) is 12.4. The van der Waals surface area contributed by atoms with E-state index >= 15 is 0 Å². The number of halogens is 1. The highest BCUT2D eigenvalue weighted by Crippen LogP contribution is 2.26. The number of hydrogen-bond donors (Lipinski definition) is 1. The smallest absolute Gasteiger partial charge is 0.264 e. The Bertz CT molecular complexity index is 925. The standard InChI is InChI=1S/C14H15FN2O4S2/c1-17(2)23(20,21)14-10-6-4-8-12(14)16-22(18,19)13-9-5-3-7-11(13)15/h3-10,16H,1-2H3. The van der Waals surface area contributed by atoms with Crippen LogP contribution in [-0.4, -0.2) is 35.2 Å². The van der Waals surface area contributed by atoms with Crippen LogP contribution in [0.15, 0.2) is 58.3 Å². The molecule has 0 aliphatic rings.